The van der Waals surface area contributed by atoms with E-state index in [1.807, 2.05) is 4.68 Å². The zero-order valence-corrected chi connectivity index (χ0v) is 12.0. The fraction of sp³-hybridized carbons (Fsp3) is 0.471. The van der Waals surface area contributed by atoms with Gasteiger partial charge in [-0.2, -0.15) is 5.10 Å². The summed E-state index contributed by atoms with van der Waals surface area (Å²) < 4.78 is 2.04. The second kappa shape index (κ2) is 4.74. The minimum absolute atomic E-state index is 0.500. The number of hydrogen-bond acceptors (Lipinski definition) is 2. The average molecular weight is 267 g/mol. The van der Waals surface area contributed by atoms with E-state index >= 15 is 0 Å². The van der Waals surface area contributed by atoms with Crippen LogP contribution in [0.25, 0.3) is 0 Å². The molecule has 1 aromatic carbocycles. The molecule has 1 heterocycles. The lowest BCUT2D eigenvalue weighted by Crippen LogP contribution is -2.33. The van der Waals surface area contributed by atoms with Gasteiger partial charge in [0.05, 0.1) is 6.20 Å². The first-order valence-corrected chi connectivity index (χ1v) is 7.65. The van der Waals surface area contributed by atoms with Crippen LogP contribution in [0.3, 0.4) is 0 Å². The fourth-order valence-electron chi connectivity index (χ4n) is 3.75. The number of nitrogens with one attached hydrogen (secondary N) is 1. The monoisotopic (exact) mass is 267 g/mol. The highest BCUT2D eigenvalue weighted by molar-refractivity contribution is 5.40. The molecule has 0 bridgehead atoms. The topological polar surface area (TPSA) is 29.9 Å². The summed E-state index contributed by atoms with van der Waals surface area (Å²) in [6.45, 7) is 1.09. The Kier molecular flexibility index (Phi) is 2.88. The molecular formula is C17H21N3. The molecule has 0 saturated heterocycles. The zero-order chi connectivity index (χ0) is 13.5. The Labute approximate surface area is 120 Å². The minimum atomic E-state index is 0.500. The smallest absolute Gasteiger partial charge is 0.0540 e. The van der Waals surface area contributed by atoms with Crippen LogP contribution in [0.4, 0.5) is 0 Å². The Balaban J connectivity index is 1.44. The number of fused-ring (bicyclic) bond motifs is 2. The van der Waals surface area contributed by atoms with E-state index < -0.39 is 0 Å². The number of benzene rings is 1. The lowest BCUT2D eigenvalue weighted by molar-refractivity contribution is 0.421. The van der Waals surface area contributed by atoms with Crippen molar-refractivity contribution in [3.05, 3.63) is 52.8 Å². The van der Waals surface area contributed by atoms with E-state index in [0.29, 0.717) is 12.0 Å². The SMILES string of the molecule is Cn1ncc2c1CCCC2NCC1Cc2ccccc21. The van der Waals surface area contributed by atoms with Crippen LogP contribution >= 0.6 is 0 Å². The van der Waals surface area contributed by atoms with Crippen LogP contribution in [0.1, 0.15) is 47.2 Å². The molecule has 2 aliphatic rings. The minimum Gasteiger partial charge on any atom is -0.309 e. The Morgan fingerprint density at radius 1 is 1.30 bits per heavy atom. The van der Waals surface area contributed by atoms with Crippen molar-refractivity contribution in [1.29, 1.82) is 0 Å². The third-order valence-electron chi connectivity index (χ3n) is 4.95. The first-order chi connectivity index (χ1) is 9.83. The van der Waals surface area contributed by atoms with Crippen molar-refractivity contribution in [2.75, 3.05) is 6.54 Å². The van der Waals surface area contributed by atoms with E-state index in [-0.39, 0.29) is 0 Å². The van der Waals surface area contributed by atoms with Crippen molar-refractivity contribution >= 4 is 0 Å². The first-order valence-electron chi connectivity index (χ1n) is 7.65. The molecule has 0 saturated carbocycles. The number of rotatable bonds is 3. The predicted octanol–water partition coefficient (Wildman–Crippen LogP) is 2.73. The summed E-state index contributed by atoms with van der Waals surface area (Å²) in [5.74, 6) is 0.702. The lowest BCUT2D eigenvalue weighted by Gasteiger charge is -2.33. The van der Waals surface area contributed by atoms with Crippen molar-refractivity contribution in [2.24, 2.45) is 7.05 Å². The van der Waals surface area contributed by atoms with Gasteiger partial charge in [-0.1, -0.05) is 24.3 Å². The molecule has 0 radical (unpaired) electrons. The molecule has 1 N–H and O–H groups in total. The summed E-state index contributed by atoms with van der Waals surface area (Å²) in [4.78, 5) is 0. The maximum absolute atomic E-state index is 4.42. The molecule has 2 aromatic rings. The van der Waals surface area contributed by atoms with Crippen molar-refractivity contribution in [3.8, 4) is 0 Å². The van der Waals surface area contributed by atoms with Crippen LogP contribution < -0.4 is 5.32 Å². The van der Waals surface area contributed by atoms with Gasteiger partial charge in [-0.25, -0.2) is 0 Å². The molecule has 1 aromatic heterocycles. The molecule has 2 aliphatic carbocycles. The molecule has 0 aliphatic heterocycles. The van der Waals surface area contributed by atoms with Crippen molar-refractivity contribution in [2.45, 2.75) is 37.6 Å². The van der Waals surface area contributed by atoms with Gasteiger partial charge < -0.3 is 5.32 Å². The van der Waals surface area contributed by atoms with Gasteiger partial charge in [0.15, 0.2) is 0 Å². The van der Waals surface area contributed by atoms with Gasteiger partial charge in [-0.15, -0.1) is 0 Å². The molecule has 20 heavy (non-hydrogen) atoms. The molecule has 3 nitrogen and oxygen atoms in total. The van der Waals surface area contributed by atoms with Crippen LogP contribution in [-0.2, 0) is 19.9 Å². The summed E-state index contributed by atoms with van der Waals surface area (Å²) in [5, 5.41) is 8.20. The zero-order valence-electron chi connectivity index (χ0n) is 12.0. The Bertz CT molecular complexity index is 629. The fourth-order valence-corrected chi connectivity index (χ4v) is 3.75. The molecule has 3 heteroatoms. The quantitative estimate of drug-likeness (QED) is 0.926. The van der Waals surface area contributed by atoms with Gasteiger partial charge in [0, 0.05) is 36.8 Å². The molecule has 0 amide bonds. The second-order valence-corrected chi connectivity index (χ2v) is 6.12. The molecule has 104 valence electrons. The molecule has 0 spiro atoms. The van der Waals surface area contributed by atoms with Gasteiger partial charge in [0.1, 0.15) is 0 Å². The summed E-state index contributed by atoms with van der Waals surface area (Å²) in [6.07, 6.45) is 6.98. The second-order valence-electron chi connectivity index (χ2n) is 6.12. The molecule has 4 rings (SSSR count). The number of nitrogens with zero attached hydrogens (tertiary/aromatic N) is 2. The van der Waals surface area contributed by atoms with Crippen LogP contribution in [-0.4, -0.2) is 16.3 Å². The van der Waals surface area contributed by atoms with Crippen molar-refractivity contribution in [1.82, 2.24) is 15.1 Å². The standard InChI is InChI=1S/C17H21N3/c1-20-17-8-4-7-16(15(17)11-19-20)18-10-13-9-12-5-2-3-6-14(12)13/h2-3,5-6,11,13,16,18H,4,7-10H2,1H3. The highest BCUT2D eigenvalue weighted by Gasteiger charge is 2.28. The Morgan fingerprint density at radius 2 is 2.20 bits per heavy atom. The van der Waals surface area contributed by atoms with Crippen LogP contribution in [0.5, 0.6) is 0 Å². The van der Waals surface area contributed by atoms with E-state index in [2.05, 4.69) is 47.9 Å². The normalized spacial score (nSPS) is 23.9. The van der Waals surface area contributed by atoms with E-state index in [1.54, 1.807) is 5.56 Å². The van der Waals surface area contributed by atoms with E-state index in [4.69, 9.17) is 0 Å². The highest BCUT2D eigenvalue weighted by Crippen LogP contribution is 2.35. The van der Waals surface area contributed by atoms with Gasteiger partial charge in [-0.3, -0.25) is 4.68 Å². The van der Waals surface area contributed by atoms with E-state index in [9.17, 15) is 0 Å². The van der Waals surface area contributed by atoms with Crippen LogP contribution in [0.15, 0.2) is 30.5 Å². The Morgan fingerprint density at radius 3 is 3.10 bits per heavy atom. The van der Waals surface area contributed by atoms with E-state index in [1.165, 1.54) is 42.5 Å². The maximum Gasteiger partial charge on any atom is 0.0540 e. The maximum atomic E-state index is 4.42. The van der Waals surface area contributed by atoms with Crippen molar-refractivity contribution in [3.63, 3.8) is 0 Å². The van der Waals surface area contributed by atoms with Crippen molar-refractivity contribution < 1.29 is 0 Å². The summed E-state index contributed by atoms with van der Waals surface area (Å²) in [7, 11) is 2.06. The molecule has 0 fully saturated rings. The largest absolute Gasteiger partial charge is 0.309 e. The highest BCUT2D eigenvalue weighted by atomic mass is 15.3. The number of hydrogen-bond donors (Lipinski definition) is 1. The third-order valence-corrected chi connectivity index (χ3v) is 4.95. The summed E-state index contributed by atoms with van der Waals surface area (Å²) >= 11 is 0. The Hall–Kier alpha value is -1.61. The van der Waals surface area contributed by atoms with E-state index in [0.717, 1.165) is 6.54 Å². The summed E-state index contributed by atoms with van der Waals surface area (Å²) in [5.41, 5.74) is 5.92. The lowest BCUT2D eigenvalue weighted by atomic mass is 9.77. The molecule has 2 atom stereocenters. The molecule has 2 unspecified atom stereocenters. The summed E-state index contributed by atoms with van der Waals surface area (Å²) in [6, 6.07) is 9.34. The first kappa shape index (κ1) is 12.2. The molecular weight excluding hydrogens is 246 g/mol. The third kappa shape index (κ3) is 1.88. The van der Waals surface area contributed by atoms with Gasteiger partial charge >= 0.3 is 0 Å². The van der Waals surface area contributed by atoms with Gasteiger partial charge in [0.2, 0.25) is 0 Å². The number of aryl methyl sites for hydroxylation is 1. The average Bonchev–Trinajstić information content (AvgIpc) is 2.83. The van der Waals surface area contributed by atoms with Crippen LogP contribution in [0, 0.1) is 0 Å². The van der Waals surface area contributed by atoms with Gasteiger partial charge in [-0.05, 0) is 36.8 Å². The number of aromatic nitrogens is 2. The predicted molar refractivity (Wildman–Crippen MR) is 79.8 cm³/mol. The van der Waals surface area contributed by atoms with Gasteiger partial charge in [0.25, 0.3) is 0 Å². The van der Waals surface area contributed by atoms with Crippen LogP contribution in [0.2, 0.25) is 0 Å².